The van der Waals surface area contributed by atoms with Crippen molar-refractivity contribution >= 4 is 11.6 Å². The third-order valence-electron chi connectivity index (χ3n) is 2.26. The molecule has 2 heterocycles. The number of hydrogen-bond donors (Lipinski definition) is 2. The lowest BCUT2D eigenvalue weighted by Gasteiger charge is -2.04. The summed E-state index contributed by atoms with van der Waals surface area (Å²) in [5.74, 6) is 0.894. The van der Waals surface area contributed by atoms with Crippen LogP contribution in [0.15, 0.2) is 30.3 Å². The highest BCUT2D eigenvalue weighted by Gasteiger charge is 2.01. The molecule has 0 aliphatic heterocycles. The number of pyridine rings is 2. The van der Waals surface area contributed by atoms with Crippen LogP contribution < -0.4 is 11.5 Å². The Morgan fingerprint density at radius 2 is 1.75 bits per heavy atom. The number of hydrogen-bond acceptors (Lipinski definition) is 4. The van der Waals surface area contributed by atoms with E-state index in [1.54, 1.807) is 0 Å². The van der Waals surface area contributed by atoms with Crippen molar-refractivity contribution in [2.45, 2.75) is 13.3 Å². The van der Waals surface area contributed by atoms with Gasteiger partial charge in [0.05, 0.1) is 0 Å². The second-order valence-corrected chi connectivity index (χ2v) is 3.77. The molecule has 0 spiro atoms. The van der Waals surface area contributed by atoms with Gasteiger partial charge in [0.1, 0.15) is 11.6 Å². The molecule has 0 aromatic carbocycles. The van der Waals surface area contributed by atoms with Gasteiger partial charge in [-0.15, -0.1) is 0 Å². The number of nitrogens with zero attached hydrogens (tertiary/aromatic N) is 2. The fourth-order valence-electron chi connectivity index (χ4n) is 1.64. The van der Waals surface area contributed by atoms with Crippen LogP contribution in [0.3, 0.4) is 0 Å². The third-order valence-corrected chi connectivity index (χ3v) is 2.26. The molecule has 2 aromatic rings. The maximum absolute atomic E-state index is 5.63. The van der Waals surface area contributed by atoms with Crippen molar-refractivity contribution in [3.63, 3.8) is 0 Å². The van der Waals surface area contributed by atoms with Crippen molar-refractivity contribution in [3.05, 3.63) is 47.3 Å². The molecule has 2 rings (SSSR count). The minimum absolute atomic E-state index is 0.447. The lowest BCUT2D eigenvalue weighted by Crippen LogP contribution is -2.00. The number of nitrogens with two attached hydrogens (primary N) is 2. The van der Waals surface area contributed by atoms with E-state index in [1.165, 1.54) is 0 Å². The van der Waals surface area contributed by atoms with E-state index in [-0.39, 0.29) is 0 Å². The first-order chi connectivity index (χ1) is 7.63. The van der Waals surface area contributed by atoms with E-state index in [9.17, 15) is 0 Å². The second kappa shape index (κ2) is 4.18. The van der Waals surface area contributed by atoms with E-state index in [0.717, 1.165) is 23.4 Å². The minimum Gasteiger partial charge on any atom is -0.384 e. The van der Waals surface area contributed by atoms with Crippen LogP contribution in [-0.2, 0) is 6.42 Å². The highest BCUT2D eigenvalue weighted by Crippen LogP contribution is 2.13. The zero-order chi connectivity index (χ0) is 11.5. The van der Waals surface area contributed by atoms with Crippen molar-refractivity contribution in [3.8, 4) is 0 Å². The molecule has 0 amide bonds. The van der Waals surface area contributed by atoms with Crippen molar-refractivity contribution < 1.29 is 0 Å². The van der Waals surface area contributed by atoms with E-state index < -0.39 is 0 Å². The maximum Gasteiger partial charge on any atom is 0.126 e. The first-order valence-corrected chi connectivity index (χ1v) is 5.08. The largest absolute Gasteiger partial charge is 0.384 e. The third kappa shape index (κ3) is 2.48. The van der Waals surface area contributed by atoms with Gasteiger partial charge in [-0.05, 0) is 36.8 Å². The molecular weight excluding hydrogens is 200 g/mol. The molecule has 0 radical (unpaired) electrons. The van der Waals surface area contributed by atoms with Gasteiger partial charge in [-0.3, -0.25) is 4.98 Å². The molecule has 0 atom stereocenters. The summed E-state index contributed by atoms with van der Waals surface area (Å²) in [6.45, 7) is 1.97. The Kier molecular flexibility index (Phi) is 2.72. The van der Waals surface area contributed by atoms with Gasteiger partial charge >= 0.3 is 0 Å². The quantitative estimate of drug-likeness (QED) is 0.794. The lowest BCUT2D eigenvalue weighted by atomic mass is 10.1. The van der Waals surface area contributed by atoms with Gasteiger partial charge in [-0.25, -0.2) is 4.98 Å². The predicted octanol–water partition coefficient (Wildman–Crippen LogP) is 1.54. The zero-order valence-electron chi connectivity index (χ0n) is 9.14. The minimum atomic E-state index is 0.447. The predicted molar refractivity (Wildman–Crippen MR) is 64.8 cm³/mol. The highest BCUT2D eigenvalue weighted by molar-refractivity contribution is 5.44. The van der Waals surface area contributed by atoms with Crippen LogP contribution in [0.4, 0.5) is 11.6 Å². The first kappa shape index (κ1) is 10.4. The molecular formula is C12H14N4. The van der Waals surface area contributed by atoms with Crippen LogP contribution in [0.5, 0.6) is 0 Å². The summed E-state index contributed by atoms with van der Waals surface area (Å²) in [6.07, 6.45) is 0.721. The fourth-order valence-corrected chi connectivity index (χ4v) is 1.64. The Morgan fingerprint density at radius 1 is 1.06 bits per heavy atom. The summed E-state index contributed by atoms with van der Waals surface area (Å²) in [4.78, 5) is 8.35. The number of aryl methyl sites for hydroxylation is 1. The lowest BCUT2D eigenvalue weighted by molar-refractivity contribution is 1.03. The van der Waals surface area contributed by atoms with E-state index in [0.29, 0.717) is 11.6 Å². The number of rotatable bonds is 2. The highest BCUT2D eigenvalue weighted by atomic mass is 14.9. The maximum atomic E-state index is 5.63. The molecule has 4 nitrogen and oxygen atoms in total. The Hall–Kier alpha value is -2.10. The normalized spacial score (nSPS) is 10.3. The SMILES string of the molecule is Cc1cccc(Cc2cc(N)nc(N)c2)n1. The first-order valence-electron chi connectivity index (χ1n) is 5.08. The molecule has 0 aliphatic carbocycles. The van der Waals surface area contributed by atoms with Gasteiger partial charge in [0.25, 0.3) is 0 Å². The number of nitrogen functional groups attached to an aromatic ring is 2. The Morgan fingerprint density at radius 3 is 2.38 bits per heavy atom. The Balaban J connectivity index is 2.27. The van der Waals surface area contributed by atoms with Crippen molar-refractivity contribution in [2.75, 3.05) is 11.5 Å². The van der Waals surface area contributed by atoms with Crippen LogP contribution in [0.2, 0.25) is 0 Å². The van der Waals surface area contributed by atoms with E-state index in [1.807, 2.05) is 37.3 Å². The van der Waals surface area contributed by atoms with Gasteiger partial charge < -0.3 is 11.5 Å². The van der Waals surface area contributed by atoms with Crippen molar-refractivity contribution in [1.29, 1.82) is 0 Å². The number of aromatic nitrogens is 2. The molecule has 0 saturated carbocycles. The molecule has 0 unspecified atom stereocenters. The summed E-state index contributed by atoms with van der Waals surface area (Å²) in [7, 11) is 0. The second-order valence-electron chi connectivity index (χ2n) is 3.77. The summed E-state index contributed by atoms with van der Waals surface area (Å²) in [6, 6.07) is 9.59. The fraction of sp³-hybridized carbons (Fsp3) is 0.167. The molecule has 4 N–H and O–H groups in total. The van der Waals surface area contributed by atoms with Crippen LogP contribution in [0.25, 0.3) is 0 Å². The molecule has 0 bridgehead atoms. The summed E-state index contributed by atoms with van der Waals surface area (Å²) >= 11 is 0. The van der Waals surface area contributed by atoms with Crippen LogP contribution >= 0.6 is 0 Å². The Labute approximate surface area is 94.3 Å². The van der Waals surface area contributed by atoms with Crippen molar-refractivity contribution in [2.24, 2.45) is 0 Å². The number of anilines is 2. The van der Waals surface area contributed by atoms with E-state index in [2.05, 4.69) is 9.97 Å². The average molecular weight is 214 g/mol. The Bertz CT molecular complexity index is 488. The monoisotopic (exact) mass is 214 g/mol. The molecule has 0 aliphatic rings. The van der Waals surface area contributed by atoms with E-state index in [4.69, 9.17) is 11.5 Å². The van der Waals surface area contributed by atoms with E-state index >= 15 is 0 Å². The molecule has 4 heteroatoms. The average Bonchev–Trinajstić information content (AvgIpc) is 2.15. The molecule has 0 fully saturated rings. The van der Waals surface area contributed by atoms with Gasteiger partial charge in [-0.1, -0.05) is 6.07 Å². The zero-order valence-corrected chi connectivity index (χ0v) is 9.14. The van der Waals surface area contributed by atoms with Crippen LogP contribution in [-0.4, -0.2) is 9.97 Å². The summed E-state index contributed by atoms with van der Waals surface area (Å²) < 4.78 is 0. The van der Waals surface area contributed by atoms with Gasteiger partial charge in [0.2, 0.25) is 0 Å². The summed E-state index contributed by atoms with van der Waals surface area (Å²) in [5, 5.41) is 0. The van der Waals surface area contributed by atoms with Gasteiger partial charge in [0.15, 0.2) is 0 Å². The van der Waals surface area contributed by atoms with Crippen LogP contribution in [0.1, 0.15) is 17.0 Å². The topological polar surface area (TPSA) is 77.8 Å². The molecule has 0 saturated heterocycles. The molecule has 16 heavy (non-hydrogen) atoms. The standard InChI is InChI=1S/C12H14N4/c1-8-3-2-4-10(15-8)5-9-6-11(13)16-12(14)7-9/h2-4,6-7H,5H2,1H3,(H4,13,14,16). The van der Waals surface area contributed by atoms with Gasteiger partial charge in [-0.2, -0.15) is 0 Å². The smallest absolute Gasteiger partial charge is 0.126 e. The molecule has 82 valence electrons. The van der Waals surface area contributed by atoms with Crippen LogP contribution in [0, 0.1) is 6.92 Å². The molecule has 2 aromatic heterocycles. The van der Waals surface area contributed by atoms with Crippen molar-refractivity contribution in [1.82, 2.24) is 9.97 Å². The summed E-state index contributed by atoms with van der Waals surface area (Å²) in [5.41, 5.74) is 14.3. The van der Waals surface area contributed by atoms with Gasteiger partial charge in [0, 0.05) is 17.8 Å².